The number of hydrogen-bond acceptors (Lipinski definition) is 15. The molecule has 2 bridgehead atoms. The Morgan fingerprint density at radius 1 is 0.902 bits per heavy atom. The highest BCUT2D eigenvalue weighted by atomic mass is 16.6. The minimum Gasteiger partial charge on any atom is -0.456 e. The molecule has 1 aliphatic heterocycles. The number of aliphatic hydroxyl groups excluding tert-OH is 2. The minimum atomic E-state index is -2.40. The number of esters is 4. The molecule has 2 aromatic rings. The first-order chi connectivity index (χ1) is 28.4. The standard InChI is InChI=1S/C45H55NO15/c1-23-28(58-39(53)33(50)32(26-16-12-10-13-17-26)46-40(54)61-41(4,5)6)21-45(55)37(59-38(52)27-18-14-11-15-19-27)35-43(9,29(49)20-30-44(35,22-56-30)60-25(3)48)36(51)34(57-24(2)47)31(23)42(45,7)8/h10-19,28-30,32-35,37,49-50,55H,20-22H2,1-9H3,(H,46,54)/t28-,29-,30?,32?,33+,34+,35?,37-,43+,44-,45+/m0/s1. The van der Waals surface area contributed by atoms with E-state index in [0.717, 1.165) is 13.8 Å². The van der Waals surface area contributed by atoms with E-state index in [4.69, 9.17) is 28.4 Å². The van der Waals surface area contributed by atoms with Gasteiger partial charge in [0, 0.05) is 32.1 Å². The fraction of sp³-hybridized carbons (Fsp3) is 0.556. The third-order valence-corrected chi connectivity index (χ3v) is 12.8. The lowest BCUT2D eigenvalue weighted by atomic mass is 9.44. The van der Waals surface area contributed by atoms with Gasteiger partial charge >= 0.3 is 30.0 Å². The van der Waals surface area contributed by atoms with Gasteiger partial charge in [-0.2, -0.15) is 0 Å². The summed E-state index contributed by atoms with van der Waals surface area (Å²) in [6.45, 7) is 12.9. The van der Waals surface area contributed by atoms with Gasteiger partial charge in [0.15, 0.2) is 23.6 Å². The topological polar surface area (TPSA) is 231 Å². The first-order valence-electron chi connectivity index (χ1n) is 20.2. The van der Waals surface area contributed by atoms with Crippen molar-refractivity contribution >= 4 is 35.8 Å². The van der Waals surface area contributed by atoms with Gasteiger partial charge in [-0.25, -0.2) is 14.4 Å². The van der Waals surface area contributed by atoms with E-state index in [2.05, 4.69) is 5.32 Å². The van der Waals surface area contributed by atoms with Crippen LogP contribution in [0.4, 0.5) is 4.79 Å². The van der Waals surface area contributed by atoms with Gasteiger partial charge in [-0.3, -0.25) is 14.4 Å². The van der Waals surface area contributed by atoms with E-state index in [-0.39, 0.29) is 29.7 Å². The Morgan fingerprint density at radius 2 is 1.51 bits per heavy atom. The van der Waals surface area contributed by atoms with E-state index in [0.29, 0.717) is 5.56 Å². The van der Waals surface area contributed by atoms with Crippen molar-refractivity contribution in [3.63, 3.8) is 0 Å². The van der Waals surface area contributed by atoms with Crippen molar-refractivity contribution in [2.75, 3.05) is 6.61 Å². The summed E-state index contributed by atoms with van der Waals surface area (Å²) >= 11 is 0. The maximum absolute atomic E-state index is 15.5. The van der Waals surface area contributed by atoms with Gasteiger partial charge in [0.05, 0.1) is 35.6 Å². The summed E-state index contributed by atoms with van der Waals surface area (Å²) in [7, 11) is 0. The highest BCUT2D eigenvalue weighted by Gasteiger charge is 2.78. The zero-order valence-corrected chi connectivity index (χ0v) is 35.8. The molecule has 61 heavy (non-hydrogen) atoms. The quantitative estimate of drug-likeness (QED) is 0.160. The second-order valence-corrected chi connectivity index (χ2v) is 18.2. The Hall–Kier alpha value is -5.16. The Balaban J connectivity index is 1.54. The van der Waals surface area contributed by atoms with Crippen LogP contribution in [0.15, 0.2) is 71.8 Å². The predicted octanol–water partition coefficient (Wildman–Crippen LogP) is 3.83. The van der Waals surface area contributed by atoms with Crippen molar-refractivity contribution in [2.45, 2.75) is 135 Å². The molecule has 16 nitrogen and oxygen atoms in total. The summed E-state index contributed by atoms with van der Waals surface area (Å²) < 4.78 is 35.6. The second kappa shape index (κ2) is 16.3. The predicted molar refractivity (Wildman–Crippen MR) is 213 cm³/mol. The number of nitrogens with one attached hydrogen (secondary N) is 1. The minimum absolute atomic E-state index is 0.0126. The van der Waals surface area contributed by atoms with Crippen LogP contribution in [-0.4, -0.2) is 111 Å². The number of rotatable bonds is 9. The van der Waals surface area contributed by atoms with Gasteiger partial charge in [-0.05, 0) is 63.5 Å². The zero-order chi connectivity index (χ0) is 45.0. The fourth-order valence-corrected chi connectivity index (χ4v) is 9.80. The number of ether oxygens (including phenoxy) is 6. The molecule has 16 heteroatoms. The molecule has 4 aliphatic rings. The highest BCUT2D eigenvalue weighted by Crippen LogP contribution is 2.64. The molecule has 11 atom stereocenters. The van der Waals surface area contributed by atoms with E-state index in [1.807, 2.05) is 0 Å². The molecule has 1 amide bonds. The van der Waals surface area contributed by atoms with Crippen molar-refractivity contribution in [3.05, 3.63) is 82.9 Å². The maximum atomic E-state index is 15.5. The third kappa shape index (κ3) is 7.94. The molecular formula is C45H55NO15. The van der Waals surface area contributed by atoms with Gasteiger partial charge in [-0.1, -0.05) is 62.4 Å². The molecule has 0 spiro atoms. The largest absolute Gasteiger partial charge is 0.456 e. The summed E-state index contributed by atoms with van der Waals surface area (Å²) in [5.74, 6) is -6.30. The number of aliphatic hydroxyl groups is 3. The molecule has 330 valence electrons. The van der Waals surface area contributed by atoms with Gasteiger partial charge in [0.25, 0.3) is 0 Å². The van der Waals surface area contributed by atoms with Gasteiger partial charge < -0.3 is 49.1 Å². The van der Waals surface area contributed by atoms with Crippen LogP contribution < -0.4 is 5.32 Å². The average Bonchev–Trinajstić information content (AvgIpc) is 3.17. The number of ketones is 1. The molecule has 6 rings (SSSR count). The maximum Gasteiger partial charge on any atom is 0.408 e. The van der Waals surface area contributed by atoms with Crippen LogP contribution in [0.5, 0.6) is 0 Å². The van der Waals surface area contributed by atoms with Crippen molar-refractivity contribution < 1.29 is 72.5 Å². The Labute approximate surface area is 353 Å². The molecule has 2 aromatic carbocycles. The molecule has 3 fully saturated rings. The second-order valence-electron chi connectivity index (χ2n) is 18.2. The summed E-state index contributed by atoms with van der Waals surface area (Å²) in [4.78, 5) is 82.9. The van der Waals surface area contributed by atoms with Crippen LogP contribution in [0.3, 0.4) is 0 Å². The van der Waals surface area contributed by atoms with Gasteiger partial charge in [-0.15, -0.1) is 0 Å². The van der Waals surface area contributed by atoms with Crippen LogP contribution in [0.2, 0.25) is 0 Å². The molecule has 2 saturated carbocycles. The van der Waals surface area contributed by atoms with Crippen molar-refractivity contribution in [1.29, 1.82) is 0 Å². The molecule has 1 heterocycles. The number of Topliss-reactive ketones (excluding diaryl/α,β-unsaturated/α-hetero) is 1. The third-order valence-electron chi connectivity index (χ3n) is 12.8. The number of carbonyl (C=O) groups excluding carboxylic acids is 6. The summed E-state index contributed by atoms with van der Waals surface area (Å²) in [6, 6.07) is 14.5. The lowest BCUT2D eigenvalue weighted by Gasteiger charge is -2.67. The Kier molecular flexibility index (Phi) is 12.1. The highest BCUT2D eigenvalue weighted by molar-refractivity contribution is 5.95. The molecule has 3 unspecified atom stereocenters. The molecule has 1 saturated heterocycles. The number of hydrogen-bond donors (Lipinski definition) is 4. The van der Waals surface area contributed by atoms with E-state index < -0.39 is 118 Å². The first-order valence-corrected chi connectivity index (χ1v) is 20.2. The molecule has 0 radical (unpaired) electrons. The Morgan fingerprint density at radius 3 is 2.05 bits per heavy atom. The van der Waals surface area contributed by atoms with Crippen molar-refractivity contribution in [3.8, 4) is 0 Å². The number of fused-ring (bicyclic) bond motifs is 5. The van der Waals surface area contributed by atoms with Crippen molar-refractivity contribution in [1.82, 2.24) is 5.32 Å². The number of benzene rings is 2. The van der Waals surface area contributed by atoms with Crippen LogP contribution in [0.25, 0.3) is 0 Å². The van der Waals surface area contributed by atoms with Gasteiger partial charge in [0.2, 0.25) is 0 Å². The normalized spacial score (nSPS) is 32.5. The lowest BCUT2D eigenvalue weighted by Crippen LogP contribution is -2.82. The Bertz CT molecular complexity index is 2100. The van der Waals surface area contributed by atoms with E-state index in [9.17, 15) is 39.3 Å². The van der Waals surface area contributed by atoms with E-state index in [1.165, 1.54) is 26.0 Å². The summed E-state index contributed by atoms with van der Waals surface area (Å²) in [5, 5.41) is 39.9. The monoisotopic (exact) mass is 849 g/mol. The molecule has 0 aromatic heterocycles. The first kappa shape index (κ1) is 45.4. The van der Waals surface area contributed by atoms with Crippen LogP contribution >= 0.6 is 0 Å². The van der Waals surface area contributed by atoms with E-state index in [1.54, 1.807) is 83.1 Å². The molecule has 3 aliphatic carbocycles. The van der Waals surface area contributed by atoms with E-state index >= 15 is 4.79 Å². The number of carbonyl (C=O) groups is 6. The summed E-state index contributed by atoms with van der Waals surface area (Å²) in [6.07, 6.45) is -11.5. The molecule has 4 N–H and O–H groups in total. The van der Waals surface area contributed by atoms with Gasteiger partial charge in [0.1, 0.15) is 29.5 Å². The average molecular weight is 850 g/mol. The van der Waals surface area contributed by atoms with Crippen LogP contribution in [0, 0.1) is 16.7 Å². The summed E-state index contributed by atoms with van der Waals surface area (Å²) in [5.41, 5.74) is -8.30. The molecular weight excluding hydrogens is 794 g/mol. The zero-order valence-electron chi connectivity index (χ0n) is 35.8. The smallest absolute Gasteiger partial charge is 0.408 e. The number of alkyl carbamates (subject to hydrolysis) is 1. The fourth-order valence-electron chi connectivity index (χ4n) is 9.80. The van der Waals surface area contributed by atoms with Crippen LogP contribution in [-0.2, 0) is 47.6 Å². The SMILES string of the molecule is CC(=O)O[C@H]1C(=O)[C@@]2(C)C([C@H](OC(=O)c3ccccc3)[C@]3(O)C[C@H](OC(=O)[C@H](O)C(NC(=O)OC(C)(C)C)c4ccccc4)C(C)=C1C3(C)C)[C@]1(OC(C)=O)COC1C[C@@H]2O. The number of amides is 1. The van der Waals surface area contributed by atoms with Crippen LogP contribution in [0.1, 0.15) is 97.1 Å². The van der Waals surface area contributed by atoms with Crippen molar-refractivity contribution in [2.24, 2.45) is 16.7 Å². The lowest BCUT2D eigenvalue weighted by molar-refractivity contribution is -0.346.